The van der Waals surface area contributed by atoms with Crippen LogP contribution in [0.15, 0.2) is 24.3 Å². The molecular formula is C15H17NO5. The third-order valence-corrected chi connectivity index (χ3v) is 3.06. The van der Waals surface area contributed by atoms with E-state index >= 15 is 0 Å². The number of hydrogen-bond donors (Lipinski definition) is 0. The minimum atomic E-state index is -0.403. The highest BCUT2D eigenvalue weighted by molar-refractivity contribution is 6.02. The molecule has 0 radical (unpaired) electrons. The van der Waals surface area contributed by atoms with Crippen LogP contribution in [0.2, 0.25) is 0 Å². The van der Waals surface area contributed by atoms with Crippen molar-refractivity contribution in [2.45, 2.75) is 19.8 Å². The minimum absolute atomic E-state index is 0.0346. The molecule has 0 fully saturated rings. The van der Waals surface area contributed by atoms with Gasteiger partial charge >= 0.3 is 5.97 Å². The molecule has 0 bridgehead atoms. The fourth-order valence-corrected chi connectivity index (χ4v) is 2.06. The number of rotatable bonds is 6. The van der Waals surface area contributed by atoms with E-state index in [1.54, 1.807) is 31.2 Å². The molecule has 112 valence electrons. The number of nitrogens with zero attached hydrogens (tertiary/aromatic N) is 1. The normalized spacial score (nSPS) is 13.4. The lowest BCUT2D eigenvalue weighted by Crippen LogP contribution is -2.42. The predicted molar refractivity (Wildman–Crippen MR) is 75.2 cm³/mol. The minimum Gasteiger partial charge on any atom is -0.482 e. The van der Waals surface area contributed by atoms with Crippen LogP contribution in [0, 0.1) is 0 Å². The molecule has 6 heteroatoms. The fourth-order valence-electron chi connectivity index (χ4n) is 2.06. The van der Waals surface area contributed by atoms with Gasteiger partial charge in [0.05, 0.1) is 25.3 Å². The summed E-state index contributed by atoms with van der Waals surface area (Å²) < 4.78 is 10.1. The maximum atomic E-state index is 11.9. The Morgan fingerprint density at radius 1 is 1.29 bits per heavy atom. The quantitative estimate of drug-likeness (QED) is 0.739. The van der Waals surface area contributed by atoms with Gasteiger partial charge in [-0.3, -0.25) is 19.3 Å². The first-order valence-electron chi connectivity index (χ1n) is 6.81. The molecule has 0 N–H and O–H groups in total. The van der Waals surface area contributed by atoms with Crippen LogP contribution in [0.3, 0.4) is 0 Å². The number of carbonyl (C=O) groups is 3. The van der Waals surface area contributed by atoms with Gasteiger partial charge in [0.15, 0.2) is 12.4 Å². The van der Waals surface area contributed by atoms with Gasteiger partial charge in [0.1, 0.15) is 5.75 Å². The second kappa shape index (κ2) is 6.88. The number of amides is 1. The summed E-state index contributed by atoms with van der Waals surface area (Å²) in [5, 5.41) is 0. The van der Waals surface area contributed by atoms with E-state index in [4.69, 9.17) is 9.47 Å². The lowest BCUT2D eigenvalue weighted by atomic mass is 10.1. The average Bonchev–Trinajstić information content (AvgIpc) is 2.48. The first-order valence-corrected chi connectivity index (χ1v) is 6.81. The van der Waals surface area contributed by atoms with Crippen LogP contribution in [-0.2, 0) is 19.1 Å². The molecule has 0 aliphatic carbocycles. The van der Waals surface area contributed by atoms with Gasteiger partial charge in [0.2, 0.25) is 0 Å². The monoisotopic (exact) mass is 291 g/mol. The summed E-state index contributed by atoms with van der Waals surface area (Å²) >= 11 is 0. The van der Waals surface area contributed by atoms with Crippen LogP contribution >= 0.6 is 0 Å². The average molecular weight is 291 g/mol. The maximum absolute atomic E-state index is 11.9. The zero-order valence-electron chi connectivity index (χ0n) is 11.8. The van der Waals surface area contributed by atoms with E-state index in [9.17, 15) is 14.4 Å². The second-order valence-electron chi connectivity index (χ2n) is 4.58. The van der Waals surface area contributed by atoms with E-state index in [0.29, 0.717) is 18.0 Å². The molecule has 1 heterocycles. The van der Waals surface area contributed by atoms with Gasteiger partial charge in [0, 0.05) is 6.42 Å². The largest absolute Gasteiger partial charge is 0.482 e. The first-order chi connectivity index (χ1) is 10.1. The summed E-state index contributed by atoms with van der Waals surface area (Å²) in [4.78, 5) is 36.4. The number of carbonyl (C=O) groups excluding carboxylic acids is 3. The van der Waals surface area contributed by atoms with E-state index in [-0.39, 0.29) is 37.7 Å². The van der Waals surface area contributed by atoms with Crippen LogP contribution in [0.1, 0.15) is 19.8 Å². The Bertz CT molecular complexity index is 555. The molecule has 0 saturated carbocycles. The van der Waals surface area contributed by atoms with E-state index in [1.165, 1.54) is 4.90 Å². The van der Waals surface area contributed by atoms with E-state index in [1.807, 2.05) is 0 Å². The first kappa shape index (κ1) is 15.0. The number of benzene rings is 1. The van der Waals surface area contributed by atoms with Crippen molar-refractivity contribution in [2.75, 3.05) is 24.7 Å². The number of fused-ring (bicyclic) bond motifs is 1. The lowest BCUT2D eigenvalue weighted by Gasteiger charge is -2.28. The third-order valence-electron chi connectivity index (χ3n) is 3.06. The molecule has 1 aliphatic rings. The molecule has 0 spiro atoms. The van der Waals surface area contributed by atoms with Crippen LogP contribution < -0.4 is 9.64 Å². The number of ether oxygens (including phenoxy) is 2. The highest BCUT2D eigenvalue weighted by Crippen LogP contribution is 2.31. The van der Waals surface area contributed by atoms with Crippen molar-refractivity contribution in [2.24, 2.45) is 0 Å². The van der Waals surface area contributed by atoms with Gasteiger partial charge in [-0.15, -0.1) is 0 Å². The van der Waals surface area contributed by atoms with E-state index < -0.39 is 5.97 Å². The van der Waals surface area contributed by atoms with Crippen molar-refractivity contribution in [3.8, 4) is 5.75 Å². The number of anilines is 1. The van der Waals surface area contributed by atoms with Gasteiger partial charge in [-0.1, -0.05) is 12.1 Å². The Balaban J connectivity index is 1.97. The molecular weight excluding hydrogens is 274 g/mol. The van der Waals surface area contributed by atoms with E-state index in [0.717, 1.165) is 0 Å². The van der Waals surface area contributed by atoms with Crippen molar-refractivity contribution < 1.29 is 23.9 Å². The zero-order chi connectivity index (χ0) is 15.2. The van der Waals surface area contributed by atoms with E-state index in [2.05, 4.69) is 0 Å². The van der Waals surface area contributed by atoms with Gasteiger partial charge in [-0.05, 0) is 19.1 Å². The fraction of sp³-hybridized carbons (Fsp3) is 0.400. The summed E-state index contributed by atoms with van der Waals surface area (Å²) in [6.45, 7) is 1.87. The number of ketones is 1. The summed E-state index contributed by atoms with van der Waals surface area (Å²) in [5.41, 5.74) is 0.582. The highest BCUT2D eigenvalue weighted by Gasteiger charge is 2.26. The van der Waals surface area contributed by atoms with Gasteiger partial charge in [-0.25, -0.2) is 0 Å². The molecule has 0 unspecified atom stereocenters. The number of hydrogen-bond acceptors (Lipinski definition) is 5. The summed E-state index contributed by atoms with van der Waals surface area (Å²) in [6.07, 6.45) is 0.0957. The summed E-state index contributed by atoms with van der Waals surface area (Å²) in [6, 6.07) is 7.05. The molecule has 1 aromatic carbocycles. The topological polar surface area (TPSA) is 72.9 Å². The van der Waals surface area contributed by atoms with Crippen molar-refractivity contribution in [1.29, 1.82) is 0 Å². The zero-order valence-corrected chi connectivity index (χ0v) is 11.8. The summed E-state index contributed by atoms with van der Waals surface area (Å²) in [7, 11) is 0. The standard InChI is InChI=1S/C15H17NO5/c1-2-20-15(19)8-7-11(17)9-16-12-5-3-4-6-13(12)21-10-14(16)18/h3-6H,2,7-10H2,1H3. The molecule has 0 atom stereocenters. The second-order valence-corrected chi connectivity index (χ2v) is 4.58. The number of esters is 1. The van der Waals surface area contributed by atoms with Crippen LogP contribution in [0.4, 0.5) is 5.69 Å². The molecule has 2 rings (SSSR count). The Morgan fingerprint density at radius 2 is 2.05 bits per heavy atom. The third kappa shape index (κ3) is 3.81. The van der Waals surface area contributed by atoms with Gasteiger partial charge in [0.25, 0.3) is 5.91 Å². The lowest BCUT2D eigenvalue weighted by molar-refractivity contribution is -0.144. The van der Waals surface area contributed by atoms with Crippen LogP contribution in [0.25, 0.3) is 0 Å². The number of para-hydroxylation sites is 2. The Labute approximate surface area is 122 Å². The van der Waals surface area contributed by atoms with Gasteiger partial charge < -0.3 is 9.47 Å². The molecule has 21 heavy (non-hydrogen) atoms. The van der Waals surface area contributed by atoms with Crippen molar-refractivity contribution in [1.82, 2.24) is 0 Å². The number of Topliss-reactive ketones (excluding diaryl/α,β-unsaturated/α-hetero) is 1. The van der Waals surface area contributed by atoms with Crippen molar-refractivity contribution in [3.05, 3.63) is 24.3 Å². The summed E-state index contributed by atoms with van der Waals surface area (Å²) in [5.74, 6) is -0.277. The molecule has 1 amide bonds. The molecule has 1 aliphatic heterocycles. The predicted octanol–water partition coefficient (Wildman–Crippen LogP) is 1.32. The Kier molecular flexibility index (Phi) is 4.92. The van der Waals surface area contributed by atoms with Crippen LogP contribution in [0.5, 0.6) is 5.75 Å². The molecule has 0 aromatic heterocycles. The SMILES string of the molecule is CCOC(=O)CCC(=O)CN1C(=O)COc2ccccc21. The Hall–Kier alpha value is -2.37. The highest BCUT2D eigenvalue weighted by atomic mass is 16.5. The van der Waals surface area contributed by atoms with Crippen molar-refractivity contribution >= 4 is 23.3 Å². The van der Waals surface area contributed by atoms with Gasteiger partial charge in [-0.2, -0.15) is 0 Å². The molecule has 6 nitrogen and oxygen atoms in total. The maximum Gasteiger partial charge on any atom is 0.306 e. The smallest absolute Gasteiger partial charge is 0.306 e. The Morgan fingerprint density at radius 3 is 2.81 bits per heavy atom. The molecule has 1 aromatic rings. The van der Waals surface area contributed by atoms with Crippen molar-refractivity contribution in [3.63, 3.8) is 0 Å². The molecule has 0 saturated heterocycles. The van der Waals surface area contributed by atoms with Crippen LogP contribution in [-0.4, -0.2) is 37.4 Å².